The van der Waals surface area contributed by atoms with Gasteiger partial charge in [-0.3, -0.25) is 0 Å². The highest BCUT2D eigenvalue weighted by Crippen LogP contribution is 2.33. The third-order valence-corrected chi connectivity index (χ3v) is 6.58. The highest BCUT2D eigenvalue weighted by molar-refractivity contribution is 7.89. The number of hydrogen-bond donors (Lipinski definition) is 1. The Morgan fingerprint density at radius 1 is 0.931 bits per heavy atom. The second-order valence-corrected chi connectivity index (χ2v) is 8.86. The molecule has 144 valence electrons. The normalized spacial score (nSPS) is 12.0. The molecule has 5 aromatic rings. The van der Waals surface area contributed by atoms with Crippen molar-refractivity contribution in [1.82, 2.24) is 18.9 Å². The van der Waals surface area contributed by atoms with Gasteiger partial charge < -0.3 is 4.98 Å². The summed E-state index contributed by atoms with van der Waals surface area (Å²) >= 11 is 6.19. The summed E-state index contributed by atoms with van der Waals surface area (Å²) in [6.07, 6.45) is 3.35. The minimum atomic E-state index is -3.68. The molecule has 0 unspecified atom stereocenters. The minimum Gasteiger partial charge on any atom is -0.360 e. The lowest BCUT2D eigenvalue weighted by Crippen LogP contribution is -2.14. The van der Waals surface area contributed by atoms with E-state index in [1.807, 2.05) is 48.7 Å². The zero-order valence-electron chi connectivity index (χ0n) is 15.1. The first kappa shape index (κ1) is 17.9. The summed E-state index contributed by atoms with van der Waals surface area (Å²) in [5.74, 6) is -0.137. The van der Waals surface area contributed by atoms with Gasteiger partial charge in [0.25, 0.3) is 0 Å². The van der Waals surface area contributed by atoms with Gasteiger partial charge in [0.2, 0.25) is 15.3 Å². The average Bonchev–Trinajstić information content (AvgIpc) is 3.32. The highest BCUT2D eigenvalue weighted by Gasteiger charge is 2.21. The maximum Gasteiger partial charge on any atom is 0.244 e. The molecule has 3 heterocycles. The van der Waals surface area contributed by atoms with Crippen LogP contribution >= 0.6 is 11.6 Å². The Balaban J connectivity index is 1.69. The maximum absolute atomic E-state index is 13.1. The van der Waals surface area contributed by atoms with E-state index in [1.54, 1.807) is 18.2 Å². The molecule has 0 saturated heterocycles. The van der Waals surface area contributed by atoms with Gasteiger partial charge in [0.1, 0.15) is 0 Å². The fourth-order valence-electron chi connectivity index (χ4n) is 3.52. The van der Waals surface area contributed by atoms with Crippen molar-refractivity contribution in [2.45, 2.75) is 5.75 Å². The number of aromatic nitrogens is 4. The van der Waals surface area contributed by atoms with Gasteiger partial charge in [-0.2, -0.15) is 4.98 Å². The van der Waals surface area contributed by atoms with E-state index in [1.165, 1.54) is 10.2 Å². The summed E-state index contributed by atoms with van der Waals surface area (Å²) in [5, 5.41) is 1.59. The number of nitrogens with one attached hydrogen (secondary N) is 1. The number of rotatable bonds is 4. The number of halogens is 1. The second kappa shape index (κ2) is 6.72. The number of hydrogen-bond acceptors (Lipinski definition) is 4. The van der Waals surface area contributed by atoms with Gasteiger partial charge in [-0.05, 0) is 29.3 Å². The predicted octanol–water partition coefficient (Wildman–Crippen LogP) is 4.61. The number of benzene rings is 2. The van der Waals surface area contributed by atoms with Gasteiger partial charge in [0, 0.05) is 34.2 Å². The lowest BCUT2D eigenvalue weighted by Gasteiger charge is -2.08. The van der Waals surface area contributed by atoms with E-state index >= 15 is 0 Å². The number of H-pyrrole nitrogens is 1. The third kappa shape index (κ3) is 3.08. The molecule has 0 aliphatic rings. The fourth-order valence-corrected chi connectivity index (χ4v) is 5.08. The Hall–Kier alpha value is -3.16. The molecule has 1 N–H and O–H groups in total. The van der Waals surface area contributed by atoms with E-state index in [0.29, 0.717) is 16.6 Å². The number of nitrogens with zero attached hydrogens (tertiary/aromatic N) is 3. The smallest absolute Gasteiger partial charge is 0.244 e. The summed E-state index contributed by atoms with van der Waals surface area (Å²) in [7, 11) is -3.68. The van der Waals surface area contributed by atoms with Crippen LogP contribution in [0.3, 0.4) is 0 Å². The zero-order valence-corrected chi connectivity index (χ0v) is 16.7. The highest BCUT2D eigenvalue weighted by atomic mass is 35.5. The van der Waals surface area contributed by atoms with Crippen molar-refractivity contribution in [2.24, 2.45) is 0 Å². The van der Waals surface area contributed by atoms with E-state index in [0.717, 1.165) is 16.5 Å². The molecule has 0 fully saturated rings. The van der Waals surface area contributed by atoms with Crippen molar-refractivity contribution in [1.29, 1.82) is 0 Å². The molecule has 0 amide bonds. The van der Waals surface area contributed by atoms with E-state index < -0.39 is 10.0 Å². The maximum atomic E-state index is 13.1. The largest absolute Gasteiger partial charge is 0.360 e. The van der Waals surface area contributed by atoms with Gasteiger partial charge in [-0.25, -0.2) is 17.4 Å². The molecular formula is C21H15ClN4O2S. The zero-order chi connectivity index (χ0) is 20.0. The van der Waals surface area contributed by atoms with Crippen LogP contribution < -0.4 is 0 Å². The van der Waals surface area contributed by atoms with Crippen molar-refractivity contribution < 1.29 is 8.42 Å². The molecule has 0 spiro atoms. The van der Waals surface area contributed by atoms with Crippen LogP contribution in [0.4, 0.5) is 0 Å². The number of aromatic amines is 1. The molecule has 29 heavy (non-hydrogen) atoms. The van der Waals surface area contributed by atoms with Crippen LogP contribution in [-0.2, 0) is 15.8 Å². The van der Waals surface area contributed by atoms with Crippen molar-refractivity contribution in [2.75, 3.05) is 0 Å². The van der Waals surface area contributed by atoms with E-state index in [9.17, 15) is 8.42 Å². The van der Waals surface area contributed by atoms with Crippen molar-refractivity contribution in [3.63, 3.8) is 0 Å². The Labute approximate surface area is 171 Å². The van der Waals surface area contributed by atoms with Gasteiger partial charge >= 0.3 is 0 Å². The van der Waals surface area contributed by atoms with Crippen LogP contribution in [0.2, 0.25) is 5.28 Å². The first-order valence-corrected chi connectivity index (χ1v) is 10.9. The lowest BCUT2D eigenvalue weighted by atomic mass is 10.1. The summed E-state index contributed by atoms with van der Waals surface area (Å²) in [6, 6.07) is 18.6. The van der Waals surface area contributed by atoms with Crippen molar-refractivity contribution in [3.8, 4) is 11.3 Å². The molecular weight excluding hydrogens is 408 g/mol. The number of para-hydroxylation sites is 1. The summed E-state index contributed by atoms with van der Waals surface area (Å²) < 4.78 is 27.3. The average molecular weight is 423 g/mol. The minimum absolute atomic E-state index is 0.00681. The van der Waals surface area contributed by atoms with E-state index in [4.69, 9.17) is 11.6 Å². The Kier molecular flexibility index (Phi) is 4.15. The fraction of sp³-hybridized carbons (Fsp3) is 0.0476. The van der Waals surface area contributed by atoms with Crippen LogP contribution in [0, 0.1) is 0 Å². The third-order valence-electron chi connectivity index (χ3n) is 4.82. The van der Waals surface area contributed by atoms with E-state index in [-0.39, 0.29) is 16.7 Å². The molecule has 0 aliphatic heterocycles. The van der Waals surface area contributed by atoms with Crippen LogP contribution in [0.1, 0.15) is 5.56 Å². The van der Waals surface area contributed by atoms with Gasteiger partial charge in [-0.1, -0.05) is 48.5 Å². The SMILES string of the molecule is O=S(=O)(Cc1ccccc1)n1ccc2c(-c3c[nH]c4ccccc34)nc(Cl)nc21. The Morgan fingerprint density at radius 3 is 2.52 bits per heavy atom. The monoisotopic (exact) mass is 422 g/mol. The van der Waals surface area contributed by atoms with Crippen molar-refractivity contribution >= 4 is 43.6 Å². The van der Waals surface area contributed by atoms with Crippen LogP contribution in [0.25, 0.3) is 33.2 Å². The standard InChI is InChI=1S/C21H15ClN4O2S/c22-21-24-19(17-12-23-18-9-5-4-8-15(17)18)16-10-11-26(20(16)25-21)29(27,28)13-14-6-2-1-3-7-14/h1-12,23H,13H2. The van der Waals surface area contributed by atoms with Gasteiger partial charge in [0.15, 0.2) is 5.65 Å². The summed E-state index contributed by atoms with van der Waals surface area (Å²) in [6.45, 7) is 0. The topological polar surface area (TPSA) is 80.6 Å². The predicted molar refractivity (Wildman–Crippen MR) is 114 cm³/mol. The lowest BCUT2D eigenvalue weighted by molar-refractivity contribution is 0.588. The molecule has 0 atom stereocenters. The Bertz CT molecular complexity index is 1460. The molecule has 2 aromatic carbocycles. The summed E-state index contributed by atoms with van der Waals surface area (Å²) in [5.41, 5.74) is 3.35. The molecule has 6 nitrogen and oxygen atoms in total. The number of fused-ring (bicyclic) bond motifs is 2. The Morgan fingerprint density at radius 2 is 1.69 bits per heavy atom. The molecule has 0 radical (unpaired) electrons. The first-order chi connectivity index (χ1) is 14.0. The van der Waals surface area contributed by atoms with Gasteiger partial charge in [0.05, 0.1) is 11.4 Å². The van der Waals surface area contributed by atoms with Crippen LogP contribution in [0.15, 0.2) is 73.1 Å². The molecule has 3 aromatic heterocycles. The van der Waals surface area contributed by atoms with E-state index in [2.05, 4.69) is 15.0 Å². The molecule has 5 rings (SSSR count). The molecule has 0 saturated carbocycles. The molecule has 0 bridgehead atoms. The van der Waals surface area contributed by atoms with Gasteiger partial charge in [-0.15, -0.1) is 0 Å². The van der Waals surface area contributed by atoms with Crippen LogP contribution in [-0.4, -0.2) is 27.3 Å². The first-order valence-electron chi connectivity index (χ1n) is 8.91. The molecule has 0 aliphatic carbocycles. The quantitative estimate of drug-likeness (QED) is 0.429. The second-order valence-electron chi connectivity index (χ2n) is 6.68. The summed E-state index contributed by atoms with van der Waals surface area (Å²) in [4.78, 5) is 11.8. The molecule has 8 heteroatoms. The van der Waals surface area contributed by atoms with Crippen LogP contribution in [0.5, 0.6) is 0 Å². The van der Waals surface area contributed by atoms with Crippen molar-refractivity contribution in [3.05, 3.63) is 83.9 Å².